The fraction of sp³-hybridized carbons (Fsp3) is 0.375. The van der Waals surface area contributed by atoms with E-state index in [1.54, 1.807) is 6.26 Å². The Balaban J connectivity index is 1.80. The molecule has 0 aliphatic heterocycles. The lowest BCUT2D eigenvalue weighted by Gasteiger charge is -2.05. The molecule has 1 heterocycles. The van der Waals surface area contributed by atoms with Gasteiger partial charge in [-0.05, 0) is 59.3 Å². The zero-order chi connectivity index (χ0) is 14.4. The number of hydrogen-bond donors (Lipinski definition) is 1. The van der Waals surface area contributed by atoms with E-state index in [1.807, 2.05) is 30.3 Å². The molecular weight excluding hydrogens is 365 g/mol. The average Bonchev–Trinajstić information content (AvgIpc) is 2.84. The zero-order valence-corrected chi connectivity index (χ0v) is 14.0. The molecule has 0 bridgehead atoms. The highest BCUT2D eigenvalue weighted by Gasteiger charge is 2.03. The van der Waals surface area contributed by atoms with Gasteiger partial charge < -0.3 is 14.5 Å². The van der Waals surface area contributed by atoms with Crippen LogP contribution in [0.4, 0.5) is 0 Å². The second-order valence-electron chi connectivity index (χ2n) is 5.19. The molecular formula is C16H20INO2. The molecule has 0 saturated carbocycles. The molecule has 1 aromatic heterocycles. The fourth-order valence-corrected chi connectivity index (χ4v) is 2.33. The molecule has 0 atom stereocenters. The average molecular weight is 385 g/mol. The maximum Gasteiger partial charge on any atom is 0.146 e. The number of rotatable bonds is 7. The molecule has 0 unspecified atom stereocenters. The summed E-state index contributed by atoms with van der Waals surface area (Å²) in [4.78, 5) is 0. The van der Waals surface area contributed by atoms with Crippen LogP contribution in [0.15, 0.2) is 41.0 Å². The van der Waals surface area contributed by atoms with E-state index >= 15 is 0 Å². The third kappa shape index (κ3) is 5.17. The van der Waals surface area contributed by atoms with E-state index in [4.69, 9.17) is 9.15 Å². The molecule has 0 aliphatic rings. The highest BCUT2D eigenvalue weighted by Crippen LogP contribution is 2.17. The van der Waals surface area contributed by atoms with Gasteiger partial charge in [-0.1, -0.05) is 19.9 Å². The molecule has 20 heavy (non-hydrogen) atoms. The monoisotopic (exact) mass is 385 g/mol. The lowest BCUT2D eigenvalue weighted by molar-refractivity contribution is 0.270. The molecule has 0 spiro atoms. The van der Waals surface area contributed by atoms with E-state index in [0.717, 1.165) is 33.7 Å². The standard InChI is InChI=1S/C16H20INO2/c1-12(2)8-18-9-13-6-16(19-10-13)11-20-15-5-3-4-14(17)7-15/h3-7,10,12,18H,8-9,11H2,1-2H3. The number of hydrogen-bond acceptors (Lipinski definition) is 3. The third-order valence-electron chi connectivity index (χ3n) is 2.77. The Morgan fingerprint density at radius 2 is 2.15 bits per heavy atom. The van der Waals surface area contributed by atoms with E-state index in [2.05, 4.69) is 41.8 Å². The molecule has 3 nitrogen and oxygen atoms in total. The largest absolute Gasteiger partial charge is 0.486 e. The summed E-state index contributed by atoms with van der Waals surface area (Å²) in [6, 6.07) is 10.0. The summed E-state index contributed by atoms with van der Waals surface area (Å²) in [5.74, 6) is 2.38. The SMILES string of the molecule is CC(C)CNCc1coc(COc2cccc(I)c2)c1. The summed E-state index contributed by atoms with van der Waals surface area (Å²) >= 11 is 2.27. The predicted molar refractivity (Wildman–Crippen MR) is 88.7 cm³/mol. The highest BCUT2D eigenvalue weighted by molar-refractivity contribution is 14.1. The number of ether oxygens (including phenoxy) is 1. The molecule has 4 heteroatoms. The maximum atomic E-state index is 5.71. The van der Waals surface area contributed by atoms with Gasteiger partial charge in [0, 0.05) is 15.7 Å². The summed E-state index contributed by atoms with van der Waals surface area (Å²) < 4.78 is 12.4. The van der Waals surface area contributed by atoms with Crippen LogP contribution in [0.3, 0.4) is 0 Å². The van der Waals surface area contributed by atoms with Gasteiger partial charge in [-0.15, -0.1) is 0 Å². The lowest BCUT2D eigenvalue weighted by Crippen LogP contribution is -2.18. The van der Waals surface area contributed by atoms with E-state index in [1.165, 1.54) is 0 Å². The Hall–Kier alpha value is -1.01. The number of furan rings is 1. The normalized spacial score (nSPS) is 11.0. The van der Waals surface area contributed by atoms with Crippen LogP contribution in [-0.2, 0) is 13.2 Å². The van der Waals surface area contributed by atoms with Gasteiger partial charge in [-0.25, -0.2) is 0 Å². The minimum Gasteiger partial charge on any atom is -0.486 e. The Morgan fingerprint density at radius 3 is 2.90 bits per heavy atom. The Bertz CT molecular complexity index is 537. The maximum absolute atomic E-state index is 5.71. The van der Waals surface area contributed by atoms with Crippen LogP contribution in [0.25, 0.3) is 0 Å². The summed E-state index contributed by atoms with van der Waals surface area (Å²) in [5, 5.41) is 3.39. The van der Waals surface area contributed by atoms with Gasteiger partial charge >= 0.3 is 0 Å². The number of halogens is 1. The van der Waals surface area contributed by atoms with Crippen molar-refractivity contribution < 1.29 is 9.15 Å². The van der Waals surface area contributed by atoms with E-state index in [0.29, 0.717) is 12.5 Å². The van der Waals surface area contributed by atoms with Gasteiger partial charge in [-0.2, -0.15) is 0 Å². The van der Waals surface area contributed by atoms with Crippen LogP contribution in [0.2, 0.25) is 0 Å². The van der Waals surface area contributed by atoms with Crippen molar-refractivity contribution in [2.45, 2.75) is 27.0 Å². The van der Waals surface area contributed by atoms with Gasteiger partial charge in [0.25, 0.3) is 0 Å². The molecule has 0 radical (unpaired) electrons. The number of nitrogens with one attached hydrogen (secondary N) is 1. The van der Waals surface area contributed by atoms with Crippen molar-refractivity contribution in [1.82, 2.24) is 5.32 Å². The Kier molecular flexibility index (Phi) is 5.91. The van der Waals surface area contributed by atoms with Crippen LogP contribution in [0.1, 0.15) is 25.2 Å². The second-order valence-corrected chi connectivity index (χ2v) is 6.44. The van der Waals surface area contributed by atoms with Crippen molar-refractivity contribution in [1.29, 1.82) is 0 Å². The molecule has 0 aliphatic carbocycles. The second kappa shape index (κ2) is 7.69. The minimum absolute atomic E-state index is 0.463. The summed E-state index contributed by atoms with van der Waals surface area (Å²) in [7, 11) is 0. The number of benzene rings is 1. The van der Waals surface area contributed by atoms with Gasteiger partial charge in [0.05, 0.1) is 6.26 Å². The summed E-state index contributed by atoms with van der Waals surface area (Å²) in [6.07, 6.45) is 1.79. The molecule has 1 N–H and O–H groups in total. The van der Waals surface area contributed by atoms with Crippen LogP contribution in [-0.4, -0.2) is 6.54 Å². The molecule has 0 fully saturated rings. The summed E-state index contributed by atoms with van der Waals surface area (Å²) in [6.45, 7) is 6.71. The Morgan fingerprint density at radius 1 is 1.30 bits per heavy atom. The zero-order valence-electron chi connectivity index (χ0n) is 11.9. The van der Waals surface area contributed by atoms with E-state index in [9.17, 15) is 0 Å². The van der Waals surface area contributed by atoms with Crippen molar-refractivity contribution in [3.63, 3.8) is 0 Å². The van der Waals surface area contributed by atoms with Gasteiger partial charge in [0.15, 0.2) is 0 Å². The van der Waals surface area contributed by atoms with Crippen LogP contribution < -0.4 is 10.1 Å². The molecule has 108 valence electrons. The van der Waals surface area contributed by atoms with Crippen molar-refractivity contribution >= 4 is 22.6 Å². The molecule has 2 rings (SSSR count). The lowest BCUT2D eigenvalue weighted by atomic mass is 10.2. The van der Waals surface area contributed by atoms with Crippen LogP contribution in [0, 0.1) is 9.49 Å². The van der Waals surface area contributed by atoms with Crippen molar-refractivity contribution in [3.8, 4) is 5.75 Å². The molecule has 2 aromatic rings. The first-order valence-electron chi connectivity index (χ1n) is 6.79. The first-order chi connectivity index (χ1) is 9.63. The minimum atomic E-state index is 0.463. The first-order valence-corrected chi connectivity index (χ1v) is 7.86. The van der Waals surface area contributed by atoms with Gasteiger partial charge in [0.2, 0.25) is 0 Å². The van der Waals surface area contributed by atoms with Gasteiger partial charge in [0.1, 0.15) is 18.1 Å². The Labute approximate surface area is 133 Å². The van der Waals surface area contributed by atoms with E-state index < -0.39 is 0 Å². The van der Waals surface area contributed by atoms with Crippen molar-refractivity contribution in [3.05, 3.63) is 51.5 Å². The van der Waals surface area contributed by atoms with Crippen LogP contribution in [0.5, 0.6) is 5.75 Å². The first kappa shape index (κ1) is 15.4. The van der Waals surface area contributed by atoms with E-state index in [-0.39, 0.29) is 0 Å². The fourth-order valence-electron chi connectivity index (χ4n) is 1.81. The molecule has 0 amide bonds. The quantitative estimate of drug-likeness (QED) is 0.726. The summed E-state index contributed by atoms with van der Waals surface area (Å²) in [5.41, 5.74) is 1.16. The predicted octanol–water partition coefficient (Wildman–Crippen LogP) is 4.21. The molecule has 1 aromatic carbocycles. The molecule has 0 saturated heterocycles. The third-order valence-corrected chi connectivity index (χ3v) is 3.44. The van der Waals surface area contributed by atoms with Crippen LogP contribution >= 0.6 is 22.6 Å². The van der Waals surface area contributed by atoms with Crippen molar-refractivity contribution in [2.24, 2.45) is 5.92 Å². The highest BCUT2D eigenvalue weighted by atomic mass is 127. The topological polar surface area (TPSA) is 34.4 Å². The van der Waals surface area contributed by atoms with Crippen molar-refractivity contribution in [2.75, 3.05) is 6.54 Å². The van der Waals surface area contributed by atoms with Gasteiger partial charge in [-0.3, -0.25) is 0 Å². The smallest absolute Gasteiger partial charge is 0.146 e.